The molecular formula is C10H14FN3O2S. The molecule has 2 N–H and O–H groups in total. The Labute approximate surface area is 99.5 Å². The van der Waals surface area contributed by atoms with Gasteiger partial charge in [0.15, 0.2) is 0 Å². The Morgan fingerprint density at radius 3 is 3.00 bits per heavy atom. The van der Waals surface area contributed by atoms with Crippen molar-refractivity contribution < 1.29 is 12.8 Å². The standard InChI is InChI=1S/C10H14FN3O2S/c11-9-3-10(7-13-6-9)17(15,16)14-5-8-1-2-12-4-8/h3,6-8,12,14H,1-2,4-5H2. The number of aromatic nitrogens is 1. The fraction of sp³-hybridized carbons (Fsp3) is 0.500. The molecule has 0 radical (unpaired) electrons. The first kappa shape index (κ1) is 12.4. The number of nitrogens with zero attached hydrogens (tertiary/aromatic N) is 1. The van der Waals surface area contributed by atoms with Crippen molar-refractivity contribution in [3.05, 3.63) is 24.3 Å². The molecule has 0 aliphatic carbocycles. The van der Waals surface area contributed by atoms with E-state index in [4.69, 9.17) is 0 Å². The molecule has 0 amide bonds. The van der Waals surface area contributed by atoms with Gasteiger partial charge in [0, 0.05) is 12.7 Å². The van der Waals surface area contributed by atoms with Crippen molar-refractivity contribution >= 4 is 10.0 Å². The second kappa shape index (κ2) is 5.07. The van der Waals surface area contributed by atoms with Crippen LogP contribution in [-0.4, -0.2) is 33.0 Å². The van der Waals surface area contributed by atoms with Crippen LogP contribution in [0.4, 0.5) is 4.39 Å². The molecule has 1 atom stereocenters. The highest BCUT2D eigenvalue weighted by atomic mass is 32.2. The Morgan fingerprint density at radius 2 is 2.35 bits per heavy atom. The van der Waals surface area contributed by atoms with Gasteiger partial charge in [-0.05, 0) is 31.5 Å². The van der Waals surface area contributed by atoms with Gasteiger partial charge in [-0.25, -0.2) is 17.5 Å². The van der Waals surface area contributed by atoms with Crippen LogP contribution in [-0.2, 0) is 10.0 Å². The van der Waals surface area contributed by atoms with E-state index in [0.717, 1.165) is 38.0 Å². The van der Waals surface area contributed by atoms with Gasteiger partial charge in [0.2, 0.25) is 10.0 Å². The van der Waals surface area contributed by atoms with E-state index < -0.39 is 15.8 Å². The summed E-state index contributed by atoms with van der Waals surface area (Å²) >= 11 is 0. The molecule has 17 heavy (non-hydrogen) atoms. The summed E-state index contributed by atoms with van der Waals surface area (Å²) in [4.78, 5) is 3.39. The highest BCUT2D eigenvalue weighted by Crippen LogP contribution is 2.11. The van der Waals surface area contributed by atoms with Crippen LogP contribution in [0.5, 0.6) is 0 Å². The molecule has 1 saturated heterocycles. The maximum Gasteiger partial charge on any atom is 0.242 e. The summed E-state index contributed by atoms with van der Waals surface area (Å²) in [6, 6.07) is 0.961. The number of halogens is 1. The van der Waals surface area contributed by atoms with Crippen LogP contribution >= 0.6 is 0 Å². The first-order valence-electron chi connectivity index (χ1n) is 5.39. The van der Waals surface area contributed by atoms with Crippen molar-refractivity contribution in [3.63, 3.8) is 0 Å². The third-order valence-corrected chi connectivity index (χ3v) is 4.11. The zero-order chi connectivity index (χ0) is 12.3. The topological polar surface area (TPSA) is 71.1 Å². The summed E-state index contributed by atoms with van der Waals surface area (Å²) in [5, 5.41) is 3.15. The van der Waals surface area contributed by atoms with Crippen LogP contribution in [0.2, 0.25) is 0 Å². The molecule has 2 heterocycles. The van der Waals surface area contributed by atoms with Crippen LogP contribution in [0.15, 0.2) is 23.4 Å². The molecule has 5 nitrogen and oxygen atoms in total. The number of rotatable bonds is 4. The summed E-state index contributed by atoms with van der Waals surface area (Å²) in [7, 11) is -3.65. The van der Waals surface area contributed by atoms with Crippen molar-refractivity contribution in [2.75, 3.05) is 19.6 Å². The summed E-state index contributed by atoms with van der Waals surface area (Å²) in [6.45, 7) is 2.09. The van der Waals surface area contributed by atoms with Crippen molar-refractivity contribution in [2.24, 2.45) is 5.92 Å². The number of pyridine rings is 1. The lowest BCUT2D eigenvalue weighted by Crippen LogP contribution is -2.30. The van der Waals surface area contributed by atoms with Gasteiger partial charge < -0.3 is 5.32 Å². The smallest absolute Gasteiger partial charge is 0.242 e. The normalized spacial score (nSPS) is 20.6. The molecule has 1 aromatic heterocycles. The van der Waals surface area contributed by atoms with Gasteiger partial charge in [-0.15, -0.1) is 0 Å². The van der Waals surface area contributed by atoms with E-state index in [1.807, 2.05) is 0 Å². The zero-order valence-corrected chi connectivity index (χ0v) is 10.0. The van der Waals surface area contributed by atoms with Crippen molar-refractivity contribution in [1.82, 2.24) is 15.0 Å². The highest BCUT2D eigenvalue weighted by molar-refractivity contribution is 7.89. The minimum absolute atomic E-state index is 0.136. The third-order valence-electron chi connectivity index (χ3n) is 2.71. The first-order chi connectivity index (χ1) is 8.08. The van der Waals surface area contributed by atoms with E-state index in [9.17, 15) is 12.8 Å². The highest BCUT2D eigenvalue weighted by Gasteiger charge is 2.19. The van der Waals surface area contributed by atoms with E-state index in [0.29, 0.717) is 12.5 Å². The first-order valence-corrected chi connectivity index (χ1v) is 6.87. The molecular weight excluding hydrogens is 245 g/mol. The van der Waals surface area contributed by atoms with Crippen molar-refractivity contribution in [2.45, 2.75) is 11.3 Å². The van der Waals surface area contributed by atoms with E-state index >= 15 is 0 Å². The predicted octanol–water partition coefficient (Wildman–Crippen LogP) is 0.108. The molecule has 1 aliphatic heterocycles. The molecule has 2 rings (SSSR count). The monoisotopic (exact) mass is 259 g/mol. The molecule has 0 saturated carbocycles. The maximum atomic E-state index is 12.9. The lowest BCUT2D eigenvalue weighted by molar-refractivity contribution is 0.537. The van der Waals surface area contributed by atoms with Crippen molar-refractivity contribution in [3.8, 4) is 0 Å². The largest absolute Gasteiger partial charge is 0.316 e. The van der Waals surface area contributed by atoms with E-state index in [-0.39, 0.29) is 4.90 Å². The van der Waals surface area contributed by atoms with Gasteiger partial charge in [-0.3, -0.25) is 4.98 Å². The van der Waals surface area contributed by atoms with Crippen LogP contribution in [0, 0.1) is 11.7 Å². The minimum Gasteiger partial charge on any atom is -0.316 e. The SMILES string of the molecule is O=S(=O)(NCC1CCNC1)c1cncc(F)c1. The van der Waals surface area contributed by atoms with Gasteiger partial charge >= 0.3 is 0 Å². The minimum atomic E-state index is -3.65. The molecule has 0 aromatic carbocycles. The van der Waals surface area contributed by atoms with E-state index in [1.54, 1.807) is 0 Å². The van der Waals surface area contributed by atoms with Gasteiger partial charge in [0.1, 0.15) is 10.7 Å². The summed E-state index contributed by atoms with van der Waals surface area (Å²) < 4.78 is 38.9. The maximum absolute atomic E-state index is 12.9. The van der Waals surface area contributed by atoms with Crippen molar-refractivity contribution in [1.29, 1.82) is 0 Å². The van der Waals surface area contributed by atoms with E-state index in [1.165, 1.54) is 0 Å². The predicted molar refractivity (Wildman–Crippen MR) is 60.4 cm³/mol. The van der Waals surface area contributed by atoms with Gasteiger partial charge in [-0.1, -0.05) is 0 Å². The molecule has 7 heteroatoms. The molecule has 1 unspecified atom stereocenters. The number of sulfonamides is 1. The van der Waals surface area contributed by atoms with Gasteiger partial charge in [0.25, 0.3) is 0 Å². The quantitative estimate of drug-likeness (QED) is 0.805. The Balaban J connectivity index is 2.03. The summed E-state index contributed by atoms with van der Waals surface area (Å²) in [6.07, 6.45) is 3.06. The van der Waals surface area contributed by atoms with Crippen LogP contribution < -0.4 is 10.0 Å². The molecule has 1 aliphatic rings. The van der Waals surface area contributed by atoms with Crippen LogP contribution in [0.1, 0.15) is 6.42 Å². The van der Waals surface area contributed by atoms with E-state index in [2.05, 4.69) is 15.0 Å². The second-order valence-corrected chi connectivity index (χ2v) is 5.82. The fourth-order valence-electron chi connectivity index (χ4n) is 1.74. The Morgan fingerprint density at radius 1 is 1.53 bits per heavy atom. The molecule has 1 fully saturated rings. The Kier molecular flexibility index (Phi) is 3.70. The second-order valence-electron chi connectivity index (χ2n) is 4.05. The lowest BCUT2D eigenvalue weighted by atomic mass is 10.1. The van der Waals surface area contributed by atoms with Gasteiger partial charge in [0.05, 0.1) is 6.20 Å². The fourth-order valence-corrected chi connectivity index (χ4v) is 2.83. The molecule has 0 spiro atoms. The Bertz CT molecular complexity index is 486. The molecule has 94 valence electrons. The Hall–Kier alpha value is -1.05. The number of hydrogen-bond donors (Lipinski definition) is 2. The van der Waals surface area contributed by atoms with Crippen LogP contribution in [0.3, 0.4) is 0 Å². The van der Waals surface area contributed by atoms with Crippen LogP contribution in [0.25, 0.3) is 0 Å². The summed E-state index contributed by atoms with van der Waals surface area (Å²) in [5.74, 6) is -0.360. The number of hydrogen-bond acceptors (Lipinski definition) is 4. The third kappa shape index (κ3) is 3.21. The molecule has 1 aromatic rings. The zero-order valence-electron chi connectivity index (χ0n) is 9.19. The molecule has 0 bridgehead atoms. The average molecular weight is 259 g/mol. The number of nitrogens with one attached hydrogen (secondary N) is 2. The average Bonchev–Trinajstić information content (AvgIpc) is 2.79. The summed E-state index contributed by atoms with van der Waals surface area (Å²) in [5.41, 5.74) is 0. The van der Waals surface area contributed by atoms with Gasteiger partial charge in [-0.2, -0.15) is 0 Å². The lowest BCUT2D eigenvalue weighted by Gasteiger charge is -2.10.